The van der Waals surface area contributed by atoms with Gasteiger partial charge in [-0.15, -0.1) is 0 Å². The lowest BCUT2D eigenvalue weighted by Crippen LogP contribution is -2.01. The van der Waals surface area contributed by atoms with E-state index in [9.17, 15) is 5.11 Å². The van der Waals surface area contributed by atoms with Crippen LogP contribution in [0.4, 0.5) is 0 Å². The maximum atomic E-state index is 9.18. The molecule has 1 N–H and O–H groups in total. The predicted octanol–water partition coefficient (Wildman–Crippen LogP) is 3.17. The third-order valence-corrected chi connectivity index (χ3v) is 2.02. The van der Waals surface area contributed by atoms with Gasteiger partial charge in [0.15, 0.2) is 0 Å². The molecule has 0 saturated heterocycles. The van der Waals surface area contributed by atoms with Crippen LogP contribution in [0.25, 0.3) is 0 Å². The second kappa shape index (κ2) is 7.85. The van der Waals surface area contributed by atoms with Crippen molar-refractivity contribution in [1.29, 1.82) is 0 Å². The molecule has 0 aliphatic heterocycles. The Morgan fingerprint density at radius 1 is 1.50 bits per heavy atom. The summed E-state index contributed by atoms with van der Waals surface area (Å²) >= 11 is 6.22. The zero-order valence-corrected chi connectivity index (χ0v) is 9.99. The quantitative estimate of drug-likeness (QED) is 0.610. The van der Waals surface area contributed by atoms with Crippen LogP contribution in [-0.4, -0.2) is 11.2 Å². The van der Waals surface area contributed by atoms with Crippen LogP contribution in [0.3, 0.4) is 0 Å². The minimum atomic E-state index is -0.493. The molecule has 0 amide bonds. The summed E-state index contributed by atoms with van der Waals surface area (Å²) in [6.45, 7) is 3.73. The molecule has 1 atom stereocenters. The molecular formula is C9H12Br2O. The molecule has 12 heavy (non-hydrogen) atoms. The molecule has 0 saturated carbocycles. The van der Waals surface area contributed by atoms with Gasteiger partial charge in [0.2, 0.25) is 0 Å². The van der Waals surface area contributed by atoms with Crippen molar-refractivity contribution in [2.75, 3.05) is 0 Å². The number of aliphatic hydroxyl groups excluding tert-OH is 1. The maximum absolute atomic E-state index is 9.18. The van der Waals surface area contributed by atoms with Crippen LogP contribution in [0.15, 0.2) is 11.1 Å². The van der Waals surface area contributed by atoms with E-state index in [-0.39, 0.29) is 0 Å². The van der Waals surface area contributed by atoms with Crippen molar-refractivity contribution >= 4 is 31.9 Å². The molecule has 0 radical (unpaired) electrons. The van der Waals surface area contributed by atoms with E-state index < -0.39 is 6.10 Å². The molecule has 68 valence electrons. The van der Waals surface area contributed by atoms with Crippen molar-refractivity contribution in [1.82, 2.24) is 0 Å². The number of rotatable bonds is 5. The van der Waals surface area contributed by atoms with Crippen LogP contribution in [0.5, 0.6) is 0 Å². The van der Waals surface area contributed by atoms with E-state index in [1.54, 1.807) is 0 Å². The molecule has 0 aliphatic carbocycles. The topological polar surface area (TPSA) is 20.2 Å². The summed E-state index contributed by atoms with van der Waals surface area (Å²) in [7, 11) is 0. The van der Waals surface area contributed by atoms with Crippen LogP contribution in [0, 0.1) is 10.8 Å². The molecule has 0 aromatic heterocycles. The SMILES string of the molecule is C=C(Br)CCCCC(O)C#CBr. The van der Waals surface area contributed by atoms with Gasteiger partial charge in [-0.1, -0.05) is 28.4 Å². The van der Waals surface area contributed by atoms with Crippen LogP contribution in [0.2, 0.25) is 0 Å². The number of hydrogen-bond acceptors (Lipinski definition) is 1. The van der Waals surface area contributed by atoms with Gasteiger partial charge in [-0.3, -0.25) is 0 Å². The third kappa shape index (κ3) is 8.32. The normalized spacial score (nSPS) is 11.6. The van der Waals surface area contributed by atoms with Crippen molar-refractivity contribution < 1.29 is 5.11 Å². The molecule has 0 rings (SSSR count). The summed E-state index contributed by atoms with van der Waals surface area (Å²) in [6, 6.07) is 0. The van der Waals surface area contributed by atoms with E-state index >= 15 is 0 Å². The highest BCUT2D eigenvalue weighted by Crippen LogP contribution is 2.12. The van der Waals surface area contributed by atoms with E-state index in [0.717, 1.165) is 30.2 Å². The first-order valence-electron chi connectivity index (χ1n) is 3.79. The third-order valence-electron chi connectivity index (χ3n) is 1.40. The van der Waals surface area contributed by atoms with Crippen LogP contribution in [-0.2, 0) is 0 Å². The Bertz CT molecular complexity index is 190. The fourth-order valence-corrected chi connectivity index (χ4v) is 1.33. The number of aliphatic hydroxyl groups is 1. The fourth-order valence-electron chi connectivity index (χ4n) is 0.790. The highest BCUT2D eigenvalue weighted by Gasteiger charge is 1.98. The van der Waals surface area contributed by atoms with Gasteiger partial charge < -0.3 is 5.11 Å². The van der Waals surface area contributed by atoms with Crippen LogP contribution in [0.1, 0.15) is 25.7 Å². The predicted molar refractivity (Wildman–Crippen MR) is 59.2 cm³/mol. The van der Waals surface area contributed by atoms with Crippen molar-refractivity contribution in [3.63, 3.8) is 0 Å². The molecule has 0 bridgehead atoms. The van der Waals surface area contributed by atoms with Gasteiger partial charge in [0, 0.05) is 15.9 Å². The molecule has 0 aromatic rings. The molecule has 0 fully saturated rings. The Labute approximate surface area is 90.5 Å². The van der Waals surface area contributed by atoms with Crippen molar-refractivity contribution in [3.05, 3.63) is 11.1 Å². The molecule has 0 aliphatic rings. The fraction of sp³-hybridized carbons (Fsp3) is 0.556. The number of allylic oxidation sites excluding steroid dienone is 1. The smallest absolute Gasteiger partial charge is 0.115 e. The summed E-state index contributed by atoms with van der Waals surface area (Å²) in [6.07, 6.45) is 3.24. The lowest BCUT2D eigenvalue weighted by molar-refractivity contribution is 0.218. The summed E-state index contributed by atoms with van der Waals surface area (Å²) in [5, 5.41) is 9.18. The molecule has 1 unspecified atom stereocenters. The summed E-state index contributed by atoms with van der Waals surface area (Å²) < 4.78 is 1.02. The first-order chi connectivity index (χ1) is 5.66. The Balaban J connectivity index is 3.29. The Morgan fingerprint density at radius 3 is 2.67 bits per heavy atom. The van der Waals surface area contributed by atoms with E-state index in [1.807, 2.05) is 0 Å². The van der Waals surface area contributed by atoms with Gasteiger partial charge >= 0.3 is 0 Å². The Morgan fingerprint density at radius 2 is 2.17 bits per heavy atom. The number of hydrogen-bond donors (Lipinski definition) is 1. The van der Waals surface area contributed by atoms with E-state index in [4.69, 9.17) is 0 Å². The monoisotopic (exact) mass is 294 g/mol. The van der Waals surface area contributed by atoms with Gasteiger partial charge in [-0.05, 0) is 35.0 Å². The van der Waals surface area contributed by atoms with Gasteiger partial charge in [-0.2, -0.15) is 0 Å². The van der Waals surface area contributed by atoms with Crippen molar-refractivity contribution in [2.24, 2.45) is 0 Å². The summed E-state index contributed by atoms with van der Waals surface area (Å²) in [5.41, 5.74) is 0. The molecule has 0 aromatic carbocycles. The lowest BCUT2D eigenvalue weighted by atomic mass is 10.1. The lowest BCUT2D eigenvalue weighted by Gasteiger charge is -2.01. The molecule has 1 nitrogen and oxygen atoms in total. The van der Waals surface area contributed by atoms with Gasteiger partial charge in [0.25, 0.3) is 0 Å². The first-order valence-corrected chi connectivity index (χ1v) is 5.38. The number of unbranched alkanes of at least 4 members (excludes halogenated alkanes) is 1. The Kier molecular flexibility index (Phi) is 7.99. The van der Waals surface area contributed by atoms with Gasteiger partial charge in [-0.25, -0.2) is 0 Å². The van der Waals surface area contributed by atoms with Crippen molar-refractivity contribution in [2.45, 2.75) is 31.8 Å². The second-order valence-electron chi connectivity index (χ2n) is 2.52. The molecule has 0 heterocycles. The van der Waals surface area contributed by atoms with Gasteiger partial charge in [0.05, 0.1) is 0 Å². The highest BCUT2D eigenvalue weighted by atomic mass is 79.9. The van der Waals surface area contributed by atoms with Gasteiger partial charge in [0.1, 0.15) is 6.10 Å². The standard InChI is InChI=1S/C9H12Br2O/c1-8(11)4-2-3-5-9(12)6-7-10/h9,12H,1-5H2. The molecule has 0 spiro atoms. The molecule has 3 heteroatoms. The Hall–Kier alpha value is 0.220. The van der Waals surface area contributed by atoms with Crippen LogP contribution < -0.4 is 0 Å². The van der Waals surface area contributed by atoms with E-state index in [1.165, 1.54) is 0 Å². The molecular weight excluding hydrogens is 284 g/mol. The second-order valence-corrected chi connectivity index (χ2v) is 4.04. The zero-order valence-electron chi connectivity index (χ0n) is 6.82. The van der Waals surface area contributed by atoms with E-state index in [2.05, 4.69) is 49.2 Å². The first kappa shape index (κ1) is 12.2. The minimum absolute atomic E-state index is 0.493. The number of halogens is 2. The average molecular weight is 296 g/mol. The summed E-state index contributed by atoms with van der Waals surface area (Å²) in [4.78, 5) is 2.50. The van der Waals surface area contributed by atoms with Crippen LogP contribution >= 0.6 is 31.9 Å². The zero-order chi connectivity index (χ0) is 9.40. The maximum Gasteiger partial charge on any atom is 0.115 e. The average Bonchev–Trinajstić information content (AvgIpc) is 1.98. The largest absolute Gasteiger partial charge is 0.380 e. The van der Waals surface area contributed by atoms with Crippen molar-refractivity contribution in [3.8, 4) is 10.8 Å². The minimum Gasteiger partial charge on any atom is -0.380 e. The van der Waals surface area contributed by atoms with E-state index in [0.29, 0.717) is 0 Å². The highest BCUT2D eigenvalue weighted by molar-refractivity contribution is 9.12. The summed E-state index contributed by atoms with van der Waals surface area (Å²) in [5.74, 6) is 2.62.